The second-order valence-corrected chi connectivity index (χ2v) is 3.01. The Labute approximate surface area is 89.6 Å². The molecular weight excluding hydrogens is 225 g/mol. The summed E-state index contributed by atoms with van der Waals surface area (Å²) in [6.45, 7) is -1.50. The number of hydrogen-bond acceptors (Lipinski definition) is 5. The van der Waals surface area contributed by atoms with Crippen LogP contribution in [0.1, 0.15) is 11.4 Å². The maximum atomic E-state index is 11.7. The topological polar surface area (TPSA) is 87.0 Å². The number of nitrogens with zero attached hydrogens (tertiary/aromatic N) is 2. The van der Waals surface area contributed by atoms with E-state index in [2.05, 4.69) is 14.7 Å². The number of rotatable bonds is 4. The van der Waals surface area contributed by atoms with Crippen molar-refractivity contribution in [2.45, 2.75) is 19.3 Å². The predicted molar refractivity (Wildman–Crippen MR) is 50.0 cm³/mol. The molecule has 0 aliphatic carbocycles. The van der Waals surface area contributed by atoms with Crippen LogP contribution in [0.5, 0.6) is 0 Å². The SMILES string of the molecule is NCc1cnc(COCC(F)(F)F)nc1N. The molecule has 0 unspecified atom stereocenters. The van der Waals surface area contributed by atoms with Gasteiger partial charge in [0.15, 0.2) is 5.82 Å². The van der Waals surface area contributed by atoms with Gasteiger partial charge in [-0.05, 0) is 0 Å². The van der Waals surface area contributed by atoms with Crippen molar-refractivity contribution >= 4 is 5.82 Å². The van der Waals surface area contributed by atoms with Gasteiger partial charge >= 0.3 is 6.18 Å². The van der Waals surface area contributed by atoms with Gasteiger partial charge in [0, 0.05) is 18.3 Å². The van der Waals surface area contributed by atoms with Gasteiger partial charge in [-0.2, -0.15) is 13.2 Å². The molecule has 0 aliphatic rings. The summed E-state index contributed by atoms with van der Waals surface area (Å²) in [5, 5.41) is 0. The second-order valence-electron chi connectivity index (χ2n) is 3.01. The van der Waals surface area contributed by atoms with Crippen LogP contribution in [-0.4, -0.2) is 22.8 Å². The first-order valence-electron chi connectivity index (χ1n) is 4.37. The van der Waals surface area contributed by atoms with Gasteiger partial charge in [-0.25, -0.2) is 9.97 Å². The van der Waals surface area contributed by atoms with Crippen LogP contribution in [0.15, 0.2) is 6.20 Å². The van der Waals surface area contributed by atoms with E-state index >= 15 is 0 Å². The average Bonchev–Trinajstić information content (AvgIpc) is 2.16. The van der Waals surface area contributed by atoms with E-state index in [-0.39, 0.29) is 24.8 Å². The Morgan fingerprint density at radius 3 is 2.56 bits per heavy atom. The van der Waals surface area contributed by atoms with E-state index in [9.17, 15) is 13.2 Å². The molecule has 0 saturated heterocycles. The Hall–Kier alpha value is -1.41. The largest absolute Gasteiger partial charge is 0.411 e. The van der Waals surface area contributed by atoms with Gasteiger partial charge in [0.1, 0.15) is 19.0 Å². The molecule has 1 heterocycles. The van der Waals surface area contributed by atoms with Crippen molar-refractivity contribution < 1.29 is 17.9 Å². The van der Waals surface area contributed by atoms with Gasteiger partial charge in [-0.3, -0.25) is 0 Å². The third-order valence-corrected chi connectivity index (χ3v) is 1.66. The minimum atomic E-state index is -4.36. The molecule has 16 heavy (non-hydrogen) atoms. The summed E-state index contributed by atoms with van der Waals surface area (Å²) in [5.41, 5.74) is 11.3. The number of ether oxygens (including phenoxy) is 1. The summed E-state index contributed by atoms with van der Waals surface area (Å²) in [5.74, 6) is 0.252. The number of anilines is 1. The Bertz CT molecular complexity index is 356. The fraction of sp³-hybridized carbons (Fsp3) is 0.500. The van der Waals surface area contributed by atoms with Crippen LogP contribution < -0.4 is 11.5 Å². The zero-order valence-electron chi connectivity index (χ0n) is 8.29. The smallest absolute Gasteiger partial charge is 0.383 e. The molecule has 0 amide bonds. The maximum Gasteiger partial charge on any atom is 0.411 e. The average molecular weight is 236 g/mol. The Morgan fingerprint density at radius 1 is 1.38 bits per heavy atom. The van der Waals surface area contributed by atoms with Crippen LogP contribution in [0.25, 0.3) is 0 Å². The van der Waals surface area contributed by atoms with Gasteiger partial charge in [-0.15, -0.1) is 0 Å². The predicted octanol–water partition coefficient (Wildman–Crippen LogP) is 0.596. The van der Waals surface area contributed by atoms with E-state index in [4.69, 9.17) is 11.5 Å². The van der Waals surface area contributed by atoms with Crippen molar-refractivity contribution in [1.29, 1.82) is 0 Å². The van der Waals surface area contributed by atoms with Gasteiger partial charge < -0.3 is 16.2 Å². The minimum Gasteiger partial charge on any atom is -0.383 e. The minimum absolute atomic E-state index is 0.0963. The molecule has 0 atom stereocenters. The zero-order chi connectivity index (χ0) is 12.2. The fourth-order valence-electron chi connectivity index (χ4n) is 0.943. The summed E-state index contributed by atoms with van der Waals surface area (Å²) in [7, 11) is 0. The molecule has 0 aliphatic heterocycles. The third-order valence-electron chi connectivity index (χ3n) is 1.66. The van der Waals surface area contributed by atoms with E-state index < -0.39 is 12.8 Å². The molecule has 90 valence electrons. The van der Waals surface area contributed by atoms with Crippen molar-refractivity contribution in [1.82, 2.24) is 9.97 Å². The monoisotopic (exact) mass is 236 g/mol. The normalized spacial score (nSPS) is 11.8. The standard InChI is InChI=1S/C8H11F3N4O/c9-8(10,11)4-16-3-6-14-2-5(1-12)7(13)15-6/h2H,1,3-4,12H2,(H2,13,14,15). The van der Waals surface area contributed by atoms with Crippen molar-refractivity contribution in [3.05, 3.63) is 17.6 Å². The molecule has 0 saturated carbocycles. The quantitative estimate of drug-likeness (QED) is 0.799. The van der Waals surface area contributed by atoms with Gasteiger partial charge in [0.25, 0.3) is 0 Å². The number of nitrogens with two attached hydrogens (primary N) is 2. The molecule has 0 fully saturated rings. The molecular formula is C8H11F3N4O. The molecule has 4 N–H and O–H groups in total. The molecule has 5 nitrogen and oxygen atoms in total. The van der Waals surface area contributed by atoms with Crippen molar-refractivity contribution in [3.8, 4) is 0 Å². The first-order valence-corrected chi connectivity index (χ1v) is 4.37. The number of halogens is 3. The first-order chi connectivity index (χ1) is 7.42. The summed E-state index contributed by atoms with van der Waals surface area (Å²) in [4.78, 5) is 7.52. The van der Waals surface area contributed by atoms with E-state index in [0.29, 0.717) is 5.56 Å². The third kappa shape index (κ3) is 3.99. The number of alkyl halides is 3. The molecule has 0 radical (unpaired) electrons. The summed E-state index contributed by atoms with van der Waals surface area (Å²) < 4.78 is 39.6. The second kappa shape index (κ2) is 5.08. The highest BCUT2D eigenvalue weighted by atomic mass is 19.4. The zero-order valence-corrected chi connectivity index (χ0v) is 8.29. The molecule has 8 heteroatoms. The lowest BCUT2D eigenvalue weighted by molar-refractivity contribution is -0.177. The molecule has 0 aromatic carbocycles. The highest BCUT2D eigenvalue weighted by Gasteiger charge is 2.27. The van der Waals surface area contributed by atoms with Crippen molar-refractivity contribution in [2.24, 2.45) is 5.73 Å². The number of aromatic nitrogens is 2. The molecule has 1 rings (SSSR count). The van der Waals surface area contributed by atoms with Crippen LogP contribution in [0, 0.1) is 0 Å². The van der Waals surface area contributed by atoms with Crippen molar-refractivity contribution in [3.63, 3.8) is 0 Å². The van der Waals surface area contributed by atoms with E-state index in [0.717, 1.165) is 0 Å². The van der Waals surface area contributed by atoms with Crippen LogP contribution in [0.4, 0.5) is 19.0 Å². The van der Waals surface area contributed by atoms with Crippen LogP contribution in [0.3, 0.4) is 0 Å². The lowest BCUT2D eigenvalue weighted by Crippen LogP contribution is -2.17. The van der Waals surface area contributed by atoms with E-state index in [1.807, 2.05) is 0 Å². The molecule has 1 aromatic heterocycles. The van der Waals surface area contributed by atoms with Gasteiger partial charge in [0.2, 0.25) is 0 Å². The van der Waals surface area contributed by atoms with Crippen LogP contribution >= 0.6 is 0 Å². The highest BCUT2D eigenvalue weighted by Crippen LogP contribution is 2.15. The fourth-order valence-corrected chi connectivity index (χ4v) is 0.943. The first kappa shape index (κ1) is 12.7. The van der Waals surface area contributed by atoms with Gasteiger partial charge in [0.05, 0.1) is 0 Å². The highest BCUT2D eigenvalue weighted by molar-refractivity contribution is 5.37. The number of hydrogen-bond donors (Lipinski definition) is 2. The summed E-state index contributed by atoms with van der Waals surface area (Å²) in [6.07, 6.45) is -2.99. The Morgan fingerprint density at radius 2 is 2.06 bits per heavy atom. The van der Waals surface area contributed by atoms with Crippen LogP contribution in [0.2, 0.25) is 0 Å². The van der Waals surface area contributed by atoms with Crippen LogP contribution in [-0.2, 0) is 17.9 Å². The lowest BCUT2D eigenvalue weighted by atomic mass is 10.3. The summed E-state index contributed by atoms with van der Waals surface area (Å²) in [6, 6.07) is 0. The molecule has 0 spiro atoms. The number of nitrogen functional groups attached to an aromatic ring is 1. The lowest BCUT2D eigenvalue weighted by Gasteiger charge is -2.07. The molecule has 1 aromatic rings. The summed E-state index contributed by atoms with van der Waals surface area (Å²) >= 11 is 0. The Balaban J connectivity index is 2.52. The van der Waals surface area contributed by atoms with E-state index in [1.165, 1.54) is 6.20 Å². The van der Waals surface area contributed by atoms with E-state index in [1.54, 1.807) is 0 Å². The maximum absolute atomic E-state index is 11.7. The molecule has 0 bridgehead atoms. The van der Waals surface area contributed by atoms with Crippen molar-refractivity contribution in [2.75, 3.05) is 12.3 Å². The Kier molecular flexibility index (Phi) is 4.02. The van der Waals surface area contributed by atoms with Gasteiger partial charge in [-0.1, -0.05) is 0 Å².